The lowest BCUT2D eigenvalue weighted by molar-refractivity contribution is -0.133. The number of hydrogen-bond donors (Lipinski definition) is 3. The molecule has 0 bridgehead atoms. The maximum absolute atomic E-state index is 15.3. The quantitative estimate of drug-likeness (QED) is 0.0908. The molecule has 356 valence electrons. The number of nitrogens with two attached hydrogens (primary N) is 1. The van der Waals surface area contributed by atoms with Crippen LogP contribution in [0.1, 0.15) is 49.1 Å². The highest BCUT2D eigenvalue weighted by Gasteiger charge is 2.32. The van der Waals surface area contributed by atoms with Crippen molar-refractivity contribution < 1.29 is 33.0 Å². The Hall–Kier alpha value is -7.95. The van der Waals surface area contributed by atoms with Gasteiger partial charge in [0.15, 0.2) is 5.69 Å². The Morgan fingerprint density at radius 3 is 2.24 bits per heavy atom. The van der Waals surface area contributed by atoms with Gasteiger partial charge in [0.2, 0.25) is 5.91 Å². The number of H-pyrrole nitrogens is 1. The number of nitrogens with zero attached hydrogens (tertiary/aromatic N) is 5. The Bertz CT molecular complexity index is 3130. The summed E-state index contributed by atoms with van der Waals surface area (Å²) in [6.07, 6.45) is 1.09. The van der Waals surface area contributed by atoms with Crippen molar-refractivity contribution in [3.8, 4) is 22.3 Å². The van der Waals surface area contributed by atoms with Gasteiger partial charge in [0.1, 0.15) is 19.0 Å². The third-order valence-corrected chi connectivity index (χ3v) is 12.8. The van der Waals surface area contributed by atoms with Gasteiger partial charge in [0.25, 0.3) is 17.4 Å². The normalized spacial score (nSPS) is 13.2. The molecule has 7 aromatic rings. The first-order valence-electron chi connectivity index (χ1n) is 22.8. The number of hydrogen-bond acceptors (Lipinski definition) is 10. The van der Waals surface area contributed by atoms with Crippen molar-refractivity contribution in [3.05, 3.63) is 182 Å². The van der Waals surface area contributed by atoms with Crippen LogP contribution in [0.25, 0.3) is 33.0 Å². The first-order chi connectivity index (χ1) is 34.0. The van der Waals surface area contributed by atoms with Crippen LogP contribution in [0, 0.1) is 5.82 Å². The molecule has 1 saturated heterocycles. The topological polar surface area (TPSA) is 193 Å². The SMILES string of the molecule is Nc1cc(-c2cccc(Cl)c2)cnc1C(=O)NCCOCCN(CC(=O)N1CCN(C(=O)c2cc(Cc3n[nH]c(=O)c4ccccc34)ccc2F)CC1)C(=O)OCC1c2ccccc2-c2ccccc21. The van der Waals surface area contributed by atoms with E-state index in [1.807, 2.05) is 60.7 Å². The van der Waals surface area contributed by atoms with Crippen molar-refractivity contribution >= 4 is 51.9 Å². The van der Waals surface area contributed by atoms with E-state index in [-0.39, 0.29) is 106 Å². The number of anilines is 1. The third kappa shape index (κ3) is 10.4. The number of piperazine rings is 1. The zero-order valence-corrected chi connectivity index (χ0v) is 38.7. The van der Waals surface area contributed by atoms with Crippen molar-refractivity contribution in [2.75, 3.05) is 71.4 Å². The molecule has 0 saturated carbocycles. The number of rotatable bonds is 15. The Morgan fingerprint density at radius 2 is 1.51 bits per heavy atom. The van der Waals surface area contributed by atoms with Gasteiger partial charge in [-0.15, -0.1) is 0 Å². The molecule has 4 amide bonds. The number of nitrogens with one attached hydrogen (secondary N) is 2. The molecule has 0 atom stereocenters. The summed E-state index contributed by atoms with van der Waals surface area (Å²) in [6.45, 7) is 0.481. The average Bonchev–Trinajstić information content (AvgIpc) is 3.70. The Labute approximate surface area is 407 Å². The Balaban J connectivity index is 0.810. The number of fused-ring (bicyclic) bond motifs is 4. The summed E-state index contributed by atoms with van der Waals surface area (Å²) < 4.78 is 27.0. The van der Waals surface area contributed by atoms with Crippen molar-refractivity contribution in [1.29, 1.82) is 0 Å². The molecule has 1 fully saturated rings. The van der Waals surface area contributed by atoms with E-state index in [0.717, 1.165) is 27.8 Å². The number of aromatic nitrogens is 3. The first-order valence-corrected chi connectivity index (χ1v) is 23.2. The molecule has 15 nitrogen and oxygen atoms in total. The summed E-state index contributed by atoms with van der Waals surface area (Å²) in [5, 5.41) is 11.2. The monoisotopic (exact) mass is 962 g/mol. The number of amides is 4. The standard InChI is InChI=1S/C53H48ClFN8O7/c54-36-9-7-8-34(28-36)35-29-46(56)49(58-30-35)51(66)57-18-24-69-25-23-63(53(68)70-32-44-39-12-3-1-10-37(39)38-11-2-4-13-40(38)44)31-48(64)61-19-21-62(22-20-61)52(67)43-26-33(16-17-45(43)55)27-47-41-14-5-6-15-42(41)50(65)60-59-47/h1-17,26,28-30,44H,18-25,27,31-32,56H2,(H,57,66)(H,60,65). The Kier molecular flexibility index (Phi) is 14.2. The summed E-state index contributed by atoms with van der Waals surface area (Å²) >= 11 is 6.13. The van der Waals surface area contributed by atoms with E-state index in [2.05, 4.69) is 20.5 Å². The molecule has 3 heterocycles. The van der Waals surface area contributed by atoms with Gasteiger partial charge in [-0.2, -0.15) is 5.10 Å². The summed E-state index contributed by atoms with van der Waals surface area (Å²) in [7, 11) is 0. The molecule has 0 unspecified atom stereocenters. The summed E-state index contributed by atoms with van der Waals surface area (Å²) in [6, 6.07) is 36.2. The zero-order chi connectivity index (χ0) is 48.7. The molecule has 1 aliphatic carbocycles. The number of aromatic amines is 1. The molecular formula is C53H48ClFN8O7. The van der Waals surface area contributed by atoms with Gasteiger partial charge in [0, 0.05) is 73.8 Å². The minimum absolute atomic E-state index is 0.00568. The van der Waals surface area contributed by atoms with E-state index in [4.69, 9.17) is 26.8 Å². The minimum atomic E-state index is -0.705. The van der Waals surface area contributed by atoms with Crippen LogP contribution in [-0.2, 0) is 20.7 Å². The number of halogens is 2. The Morgan fingerprint density at radius 1 is 0.814 bits per heavy atom. The van der Waals surface area contributed by atoms with E-state index in [9.17, 15) is 24.0 Å². The molecular weight excluding hydrogens is 915 g/mol. The first kappa shape index (κ1) is 47.1. The largest absolute Gasteiger partial charge is 0.448 e. The fourth-order valence-electron chi connectivity index (χ4n) is 8.95. The minimum Gasteiger partial charge on any atom is -0.448 e. The van der Waals surface area contributed by atoms with E-state index in [0.29, 0.717) is 32.6 Å². The van der Waals surface area contributed by atoms with Gasteiger partial charge in [-0.05, 0) is 69.8 Å². The molecule has 5 aromatic carbocycles. The third-order valence-electron chi connectivity index (χ3n) is 12.6. The van der Waals surface area contributed by atoms with E-state index in [1.54, 1.807) is 59.6 Å². The summed E-state index contributed by atoms with van der Waals surface area (Å²) in [5.74, 6) is -2.27. The molecule has 4 N–H and O–H groups in total. The van der Waals surface area contributed by atoms with E-state index in [1.165, 1.54) is 21.9 Å². The van der Waals surface area contributed by atoms with Gasteiger partial charge in [-0.3, -0.25) is 24.1 Å². The van der Waals surface area contributed by atoms with Gasteiger partial charge < -0.3 is 30.3 Å². The van der Waals surface area contributed by atoms with E-state index < -0.39 is 23.7 Å². The number of ether oxygens (including phenoxy) is 2. The highest BCUT2D eigenvalue weighted by molar-refractivity contribution is 6.30. The fraction of sp³-hybridized carbons (Fsp3) is 0.226. The van der Waals surface area contributed by atoms with Crippen molar-refractivity contribution in [2.24, 2.45) is 0 Å². The van der Waals surface area contributed by atoms with Crippen LogP contribution in [0.15, 0.2) is 132 Å². The van der Waals surface area contributed by atoms with Crippen LogP contribution in [0.4, 0.5) is 14.9 Å². The van der Waals surface area contributed by atoms with Crippen molar-refractivity contribution in [2.45, 2.75) is 12.3 Å². The molecule has 2 aliphatic rings. The highest BCUT2D eigenvalue weighted by Crippen LogP contribution is 2.44. The van der Waals surface area contributed by atoms with Gasteiger partial charge >= 0.3 is 6.09 Å². The highest BCUT2D eigenvalue weighted by atomic mass is 35.5. The zero-order valence-electron chi connectivity index (χ0n) is 37.9. The van der Waals surface area contributed by atoms with Gasteiger partial charge in [-0.1, -0.05) is 96.5 Å². The summed E-state index contributed by atoms with van der Waals surface area (Å²) in [4.78, 5) is 75.5. The predicted molar refractivity (Wildman–Crippen MR) is 263 cm³/mol. The molecule has 0 spiro atoms. The van der Waals surface area contributed by atoms with E-state index >= 15 is 4.39 Å². The molecule has 0 radical (unpaired) electrons. The number of carbonyl (C=O) groups excluding carboxylic acids is 4. The number of nitrogen functional groups attached to an aromatic ring is 1. The second kappa shape index (κ2) is 21.1. The number of carbonyl (C=O) groups is 4. The molecule has 17 heteroatoms. The lowest BCUT2D eigenvalue weighted by Crippen LogP contribution is -2.53. The van der Waals surface area contributed by atoms with Crippen LogP contribution in [0.2, 0.25) is 5.02 Å². The van der Waals surface area contributed by atoms with Crippen molar-refractivity contribution in [3.63, 3.8) is 0 Å². The average molecular weight is 963 g/mol. The van der Waals surface area contributed by atoms with Gasteiger partial charge in [0.05, 0.1) is 35.5 Å². The second-order valence-corrected chi connectivity index (χ2v) is 17.4. The van der Waals surface area contributed by atoms with Crippen LogP contribution < -0.4 is 16.6 Å². The molecule has 9 rings (SSSR count). The fourth-order valence-corrected chi connectivity index (χ4v) is 9.14. The number of pyridine rings is 1. The van der Waals surface area contributed by atoms with Crippen LogP contribution in [-0.4, -0.2) is 119 Å². The smallest absolute Gasteiger partial charge is 0.410 e. The summed E-state index contributed by atoms with van der Waals surface area (Å²) in [5.41, 5.74) is 13.0. The second-order valence-electron chi connectivity index (χ2n) is 17.0. The molecule has 2 aromatic heterocycles. The van der Waals surface area contributed by atoms with Gasteiger partial charge in [-0.25, -0.2) is 19.3 Å². The van der Waals surface area contributed by atoms with Crippen LogP contribution in [0.3, 0.4) is 0 Å². The molecule has 1 aliphatic heterocycles. The van der Waals surface area contributed by atoms with Crippen LogP contribution in [0.5, 0.6) is 0 Å². The van der Waals surface area contributed by atoms with Crippen molar-refractivity contribution in [1.82, 2.24) is 35.2 Å². The maximum atomic E-state index is 15.3. The molecule has 70 heavy (non-hydrogen) atoms. The van der Waals surface area contributed by atoms with Crippen LogP contribution >= 0.6 is 11.6 Å². The predicted octanol–water partition coefficient (Wildman–Crippen LogP) is 6.93. The lowest BCUT2D eigenvalue weighted by Gasteiger charge is -2.36. The maximum Gasteiger partial charge on any atom is 0.410 e. The lowest BCUT2D eigenvalue weighted by atomic mass is 9.98. The number of benzene rings is 5.